The van der Waals surface area contributed by atoms with Crippen LogP contribution in [0.25, 0.3) is 10.9 Å². The second-order valence-corrected chi connectivity index (χ2v) is 5.45. The van der Waals surface area contributed by atoms with E-state index in [1.165, 1.54) is 12.1 Å². The third kappa shape index (κ3) is 2.54. The minimum Gasteiger partial charge on any atom is -0.382 e. The summed E-state index contributed by atoms with van der Waals surface area (Å²) in [6.07, 6.45) is -1.35. The van der Waals surface area contributed by atoms with Gasteiger partial charge in [-0.3, -0.25) is 0 Å². The first kappa shape index (κ1) is 14.1. The van der Waals surface area contributed by atoms with Gasteiger partial charge in [0.2, 0.25) is 0 Å². The molecule has 21 heavy (non-hydrogen) atoms. The second kappa shape index (κ2) is 5.50. The molecule has 0 spiro atoms. The molecule has 1 heterocycles. The summed E-state index contributed by atoms with van der Waals surface area (Å²) < 4.78 is 27.6. The summed E-state index contributed by atoms with van der Waals surface area (Å²) in [5, 5.41) is 11.2. The largest absolute Gasteiger partial charge is 0.382 e. The van der Waals surface area contributed by atoms with Crippen LogP contribution in [0.4, 0.5) is 8.78 Å². The molecule has 0 bridgehead atoms. The standard InChI is InChI=1S/C16H10BrF2NO/c17-11-8-9-4-1-2-7-13(9)20-15(11)16(21)10-5-3-6-12(18)14(10)19/h1-8,16,21H. The van der Waals surface area contributed by atoms with Gasteiger partial charge in [-0.1, -0.05) is 30.3 Å². The molecule has 5 heteroatoms. The van der Waals surface area contributed by atoms with Crippen LogP contribution in [0.2, 0.25) is 0 Å². The lowest BCUT2D eigenvalue weighted by Crippen LogP contribution is -2.07. The number of benzene rings is 2. The van der Waals surface area contributed by atoms with Crippen molar-refractivity contribution in [3.8, 4) is 0 Å². The summed E-state index contributed by atoms with van der Waals surface area (Å²) in [4.78, 5) is 4.34. The van der Waals surface area contributed by atoms with E-state index in [0.29, 0.717) is 9.99 Å². The monoisotopic (exact) mass is 349 g/mol. The van der Waals surface area contributed by atoms with Crippen molar-refractivity contribution >= 4 is 26.8 Å². The second-order valence-electron chi connectivity index (χ2n) is 4.59. The van der Waals surface area contributed by atoms with Crippen LogP contribution in [0.15, 0.2) is 53.0 Å². The summed E-state index contributed by atoms with van der Waals surface area (Å²) in [6.45, 7) is 0. The molecule has 1 N–H and O–H groups in total. The van der Waals surface area contributed by atoms with Gasteiger partial charge in [0.1, 0.15) is 6.10 Å². The Hall–Kier alpha value is -1.85. The van der Waals surface area contributed by atoms with E-state index in [2.05, 4.69) is 20.9 Å². The van der Waals surface area contributed by atoms with Gasteiger partial charge in [0.25, 0.3) is 0 Å². The maximum atomic E-state index is 13.8. The molecule has 0 fully saturated rings. The van der Waals surface area contributed by atoms with E-state index in [-0.39, 0.29) is 11.3 Å². The molecule has 1 aromatic heterocycles. The number of aliphatic hydroxyl groups excluding tert-OH is 1. The van der Waals surface area contributed by atoms with Gasteiger partial charge in [-0.15, -0.1) is 0 Å². The zero-order chi connectivity index (χ0) is 15.0. The number of nitrogens with zero attached hydrogens (tertiary/aromatic N) is 1. The molecule has 1 unspecified atom stereocenters. The maximum Gasteiger partial charge on any atom is 0.165 e. The van der Waals surface area contributed by atoms with Crippen LogP contribution in [0.5, 0.6) is 0 Å². The average Bonchev–Trinajstić information content (AvgIpc) is 2.48. The van der Waals surface area contributed by atoms with Crippen LogP contribution < -0.4 is 0 Å². The average molecular weight is 350 g/mol. The Labute approximate surface area is 128 Å². The molecule has 2 aromatic carbocycles. The first-order valence-electron chi connectivity index (χ1n) is 6.25. The molecule has 0 saturated heterocycles. The molecule has 3 rings (SSSR count). The number of fused-ring (bicyclic) bond motifs is 1. The Morgan fingerprint density at radius 1 is 1.05 bits per heavy atom. The Bertz CT molecular complexity index is 822. The van der Waals surface area contributed by atoms with Gasteiger partial charge in [-0.2, -0.15) is 0 Å². The van der Waals surface area contributed by atoms with Crippen LogP contribution in [-0.4, -0.2) is 10.1 Å². The smallest absolute Gasteiger partial charge is 0.165 e. The fourth-order valence-electron chi connectivity index (χ4n) is 2.18. The zero-order valence-corrected chi connectivity index (χ0v) is 12.3. The lowest BCUT2D eigenvalue weighted by atomic mass is 10.0. The van der Waals surface area contributed by atoms with Crippen LogP contribution in [0.1, 0.15) is 17.4 Å². The van der Waals surface area contributed by atoms with E-state index in [1.807, 2.05) is 18.2 Å². The van der Waals surface area contributed by atoms with Crippen LogP contribution in [-0.2, 0) is 0 Å². The van der Waals surface area contributed by atoms with Crippen molar-refractivity contribution in [1.29, 1.82) is 0 Å². The summed E-state index contributed by atoms with van der Waals surface area (Å²) >= 11 is 3.32. The number of hydrogen-bond acceptors (Lipinski definition) is 2. The Kier molecular flexibility index (Phi) is 3.69. The van der Waals surface area contributed by atoms with Crippen molar-refractivity contribution < 1.29 is 13.9 Å². The first-order chi connectivity index (χ1) is 10.1. The lowest BCUT2D eigenvalue weighted by Gasteiger charge is -2.14. The Balaban J connectivity index is 2.15. The van der Waals surface area contributed by atoms with E-state index in [9.17, 15) is 13.9 Å². The van der Waals surface area contributed by atoms with Crippen molar-refractivity contribution in [2.45, 2.75) is 6.10 Å². The fraction of sp³-hybridized carbons (Fsp3) is 0.0625. The van der Waals surface area contributed by atoms with Crippen molar-refractivity contribution in [2.24, 2.45) is 0 Å². The SMILES string of the molecule is OC(c1cccc(F)c1F)c1nc2ccccc2cc1Br. The normalized spacial score (nSPS) is 12.6. The summed E-state index contributed by atoms with van der Waals surface area (Å²) in [7, 11) is 0. The molecule has 0 aliphatic carbocycles. The van der Waals surface area contributed by atoms with Crippen LogP contribution >= 0.6 is 15.9 Å². The van der Waals surface area contributed by atoms with Crippen molar-refractivity contribution in [3.05, 3.63) is 75.9 Å². The Morgan fingerprint density at radius 3 is 2.62 bits per heavy atom. The van der Waals surface area contributed by atoms with Gasteiger partial charge in [0.15, 0.2) is 11.6 Å². The highest BCUT2D eigenvalue weighted by Crippen LogP contribution is 2.31. The fourth-order valence-corrected chi connectivity index (χ4v) is 2.73. The molecule has 0 aliphatic rings. The molecular weight excluding hydrogens is 340 g/mol. The highest BCUT2D eigenvalue weighted by Gasteiger charge is 2.21. The van der Waals surface area contributed by atoms with E-state index < -0.39 is 17.7 Å². The van der Waals surface area contributed by atoms with Gasteiger partial charge in [-0.05, 0) is 34.1 Å². The quantitative estimate of drug-likeness (QED) is 0.745. The molecule has 0 saturated carbocycles. The summed E-state index contributed by atoms with van der Waals surface area (Å²) in [6, 6.07) is 12.9. The van der Waals surface area contributed by atoms with Gasteiger partial charge in [0, 0.05) is 15.4 Å². The van der Waals surface area contributed by atoms with Gasteiger partial charge >= 0.3 is 0 Å². The lowest BCUT2D eigenvalue weighted by molar-refractivity contribution is 0.208. The van der Waals surface area contributed by atoms with Gasteiger partial charge in [-0.25, -0.2) is 13.8 Å². The zero-order valence-electron chi connectivity index (χ0n) is 10.7. The summed E-state index contributed by atoms with van der Waals surface area (Å²) in [5.74, 6) is -2.06. The van der Waals surface area contributed by atoms with Gasteiger partial charge < -0.3 is 5.11 Å². The molecule has 0 radical (unpaired) electrons. The number of aromatic nitrogens is 1. The highest BCUT2D eigenvalue weighted by atomic mass is 79.9. The Morgan fingerprint density at radius 2 is 1.81 bits per heavy atom. The van der Waals surface area contributed by atoms with Crippen LogP contribution in [0, 0.1) is 11.6 Å². The third-order valence-electron chi connectivity index (χ3n) is 3.24. The van der Waals surface area contributed by atoms with E-state index in [0.717, 1.165) is 11.5 Å². The number of aliphatic hydroxyl groups is 1. The number of para-hydroxylation sites is 1. The highest BCUT2D eigenvalue weighted by molar-refractivity contribution is 9.10. The predicted octanol–water partition coefficient (Wildman–Crippen LogP) is 4.36. The number of rotatable bonds is 2. The minimum absolute atomic E-state index is 0.140. The van der Waals surface area contributed by atoms with Crippen molar-refractivity contribution in [3.63, 3.8) is 0 Å². The van der Waals surface area contributed by atoms with Crippen molar-refractivity contribution in [2.75, 3.05) is 0 Å². The molecule has 106 valence electrons. The third-order valence-corrected chi connectivity index (χ3v) is 3.87. The maximum absolute atomic E-state index is 13.8. The number of hydrogen-bond donors (Lipinski definition) is 1. The summed E-state index contributed by atoms with van der Waals surface area (Å²) in [5.41, 5.74) is 0.781. The molecule has 0 amide bonds. The molecule has 3 aromatic rings. The molecule has 1 atom stereocenters. The number of pyridine rings is 1. The minimum atomic E-state index is -1.35. The van der Waals surface area contributed by atoms with Crippen molar-refractivity contribution in [1.82, 2.24) is 4.98 Å². The van der Waals surface area contributed by atoms with E-state index in [1.54, 1.807) is 12.1 Å². The molecule has 2 nitrogen and oxygen atoms in total. The number of halogens is 3. The van der Waals surface area contributed by atoms with Gasteiger partial charge in [0.05, 0.1) is 11.2 Å². The van der Waals surface area contributed by atoms with E-state index >= 15 is 0 Å². The molecule has 0 aliphatic heterocycles. The van der Waals surface area contributed by atoms with Crippen LogP contribution in [0.3, 0.4) is 0 Å². The molecular formula is C16H10BrF2NO. The topological polar surface area (TPSA) is 33.1 Å². The van der Waals surface area contributed by atoms with E-state index in [4.69, 9.17) is 0 Å². The predicted molar refractivity (Wildman–Crippen MR) is 79.9 cm³/mol. The first-order valence-corrected chi connectivity index (χ1v) is 7.04.